The Kier molecular flexibility index (Phi) is 8.29. The van der Waals surface area contributed by atoms with Gasteiger partial charge in [-0.25, -0.2) is 0 Å². The van der Waals surface area contributed by atoms with Gasteiger partial charge < -0.3 is 0 Å². The summed E-state index contributed by atoms with van der Waals surface area (Å²) in [5.41, 5.74) is 2.53. The number of allylic oxidation sites excluding steroid dienone is 3. The molecular weight excluding hydrogens is 234 g/mol. The molecule has 2 nitrogen and oxygen atoms in total. The van der Waals surface area contributed by atoms with Crippen LogP contribution in [0.25, 0.3) is 0 Å². The van der Waals surface area contributed by atoms with Gasteiger partial charge in [-0.05, 0) is 39.0 Å². The molecular formula is C17H29NO. The van der Waals surface area contributed by atoms with E-state index in [2.05, 4.69) is 39.3 Å². The topological polar surface area (TPSA) is 29.4 Å². The average Bonchev–Trinajstić information content (AvgIpc) is 2.30. The molecule has 2 atom stereocenters. The fraction of sp³-hybridized carbons (Fsp3) is 0.647. The maximum absolute atomic E-state index is 11.5. The number of nitrogens with zero attached hydrogens (tertiary/aromatic N) is 1. The van der Waals surface area contributed by atoms with E-state index in [1.54, 1.807) is 13.0 Å². The van der Waals surface area contributed by atoms with Gasteiger partial charge in [-0.15, -0.1) is 0 Å². The first-order valence-electron chi connectivity index (χ1n) is 7.28. The van der Waals surface area contributed by atoms with Gasteiger partial charge in [-0.1, -0.05) is 46.3 Å². The highest BCUT2D eigenvalue weighted by molar-refractivity contribution is 5.97. The lowest BCUT2D eigenvalue weighted by Crippen LogP contribution is -2.19. The van der Waals surface area contributed by atoms with Crippen molar-refractivity contribution in [1.29, 1.82) is 0 Å². The van der Waals surface area contributed by atoms with Crippen LogP contribution in [0.2, 0.25) is 0 Å². The zero-order valence-corrected chi connectivity index (χ0v) is 13.4. The Hall–Kier alpha value is -1.18. The van der Waals surface area contributed by atoms with E-state index in [-0.39, 0.29) is 5.78 Å². The summed E-state index contributed by atoms with van der Waals surface area (Å²) in [6.45, 7) is 15.9. The van der Waals surface area contributed by atoms with Gasteiger partial charge in [0.25, 0.3) is 0 Å². The molecule has 19 heavy (non-hydrogen) atoms. The van der Waals surface area contributed by atoms with Crippen molar-refractivity contribution in [2.24, 2.45) is 16.8 Å². The summed E-state index contributed by atoms with van der Waals surface area (Å²) in [6.07, 6.45) is 5.11. The fourth-order valence-corrected chi connectivity index (χ4v) is 2.72. The summed E-state index contributed by atoms with van der Waals surface area (Å²) in [7, 11) is 0. The summed E-state index contributed by atoms with van der Waals surface area (Å²) in [5, 5.41) is 0. The maximum atomic E-state index is 11.5. The van der Waals surface area contributed by atoms with Crippen LogP contribution < -0.4 is 0 Å². The van der Waals surface area contributed by atoms with Crippen LogP contribution in [-0.4, -0.2) is 11.5 Å². The predicted molar refractivity (Wildman–Crippen MR) is 84.5 cm³/mol. The van der Waals surface area contributed by atoms with Crippen molar-refractivity contribution in [3.63, 3.8) is 0 Å². The normalized spacial score (nSPS) is 16.6. The van der Waals surface area contributed by atoms with Gasteiger partial charge in [0.15, 0.2) is 5.78 Å². The standard InChI is InChI=1S/C17H29NO/c1-8-11-12(4)16(9-2)13(5)18-14(6)17(10-3)15(7)19/h10,12,16H,3,8-9,11H2,1-2,4-7H3/b17-14-,18-13?/t12?,16-/m1/s1. The van der Waals surface area contributed by atoms with Crippen LogP contribution in [-0.2, 0) is 4.79 Å². The fourth-order valence-electron chi connectivity index (χ4n) is 2.72. The van der Waals surface area contributed by atoms with E-state index in [4.69, 9.17) is 0 Å². The van der Waals surface area contributed by atoms with Crippen LogP contribution in [0.15, 0.2) is 28.9 Å². The molecule has 0 aliphatic rings. The van der Waals surface area contributed by atoms with E-state index < -0.39 is 0 Å². The van der Waals surface area contributed by atoms with Crippen LogP contribution in [0.3, 0.4) is 0 Å². The molecule has 0 saturated carbocycles. The highest BCUT2D eigenvalue weighted by Crippen LogP contribution is 2.23. The molecule has 0 aromatic rings. The first-order valence-corrected chi connectivity index (χ1v) is 7.28. The molecule has 0 aromatic heterocycles. The third kappa shape index (κ3) is 5.54. The van der Waals surface area contributed by atoms with Crippen molar-refractivity contribution >= 4 is 11.5 Å². The van der Waals surface area contributed by atoms with Crippen molar-refractivity contribution < 1.29 is 4.79 Å². The van der Waals surface area contributed by atoms with E-state index in [9.17, 15) is 4.79 Å². The second-order valence-corrected chi connectivity index (χ2v) is 5.29. The van der Waals surface area contributed by atoms with E-state index in [1.807, 2.05) is 6.92 Å². The van der Waals surface area contributed by atoms with Crippen LogP contribution in [0.5, 0.6) is 0 Å². The molecule has 0 aliphatic carbocycles. The molecule has 1 unspecified atom stereocenters. The second kappa shape index (κ2) is 8.84. The smallest absolute Gasteiger partial charge is 0.161 e. The Morgan fingerprint density at radius 2 is 1.84 bits per heavy atom. The van der Waals surface area contributed by atoms with Crippen LogP contribution in [0.4, 0.5) is 0 Å². The van der Waals surface area contributed by atoms with E-state index >= 15 is 0 Å². The highest BCUT2D eigenvalue weighted by Gasteiger charge is 2.18. The summed E-state index contributed by atoms with van der Waals surface area (Å²) in [4.78, 5) is 16.1. The van der Waals surface area contributed by atoms with Gasteiger partial charge >= 0.3 is 0 Å². The quantitative estimate of drug-likeness (QED) is 0.346. The lowest BCUT2D eigenvalue weighted by molar-refractivity contribution is -0.113. The zero-order valence-electron chi connectivity index (χ0n) is 13.4. The summed E-state index contributed by atoms with van der Waals surface area (Å²) in [5.74, 6) is 1.16. The molecule has 0 radical (unpaired) electrons. The molecule has 0 fully saturated rings. The zero-order chi connectivity index (χ0) is 15.0. The second-order valence-electron chi connectivity index (χ2n) is 5.29. The van der Waals surface area contributed by atoms with E-state index in [0.717, 1.165) is 17.8 Å². The third-order valence-electron chi connectivity index (χ3n) is 3.72. The Morgan fingerprint density at radius 1 is 1.26 bits per heavy atom. The number of ketones is 1. The largest absolute Gasteiger partial charge is 0.294 e. The number of carbonyl (C=O) groups excluding carboxylic acids is 1. The molecule has 0 rings (SSSR count). The van der Waals surface area contributed by atoms with Crippen molar-refractivity contribution in [2.75, 3.05) is 0 Å². The molecule has 0 saturated heterocycles. The minimum absolute atomic E-state index is 0.0266. The molecule has 0 spiro atoms. The summed E-state index contributed by atoms with van der Waals surface area (Å²) in [6, 6.07) is 0. The van der Waals surface area contributed by atoms with Crippen LogP contribution in [0.1, 0.15) is 60.8 Å². The monoisotopic (exact) mass is 263 g/mol. The van der Waals surface area contributed by atoms with Gasteiger partial charge in [0, 0.05) is 17.0 Å². The van der Waals surface area contributed by atoms with Crippen molar-refractivity contribution in [3.8, 4) is 0 Å². The van der Waals surface area contributed by atoms with Crippen molar-refractivity contribution in [2.45, 2.75) is 60.8 Å². The molecule has 108 valence electrons. The van der Waals surface area contributed by atoms with Gasteiger partial charge in [-0.2, -0.15) is 0 Å². The average molecular weight is 263 g/mol. The van der Waals surface area contributed by atoms with Gasteiger partial charge in [-0.3, -0.25) is 9.79 Å². The number of hydrogen-bond donors (Lipinski definition) is 0. The van der Waals surface area contributed by atoms with Crippen LogP contribution >= 0.6 is 0 Å². The minimum atomic E-state index is 0.0266. The Bertz CT molecular complexity index is 377. The Morgan fingerprint density at radius 3 is 2.21 bits per heavy atom. The molecule has 0 bridgehead atoms. The number of hydrogen-bond acceptors (Lipinski definition) is 2. The van der Waals surface area contributed by atoms with Gasteiger partial charge in [0.2, 0.25) is 0 Å². The molecule has 0 aromatic carbocycles. The number of rotatable bonds is 8. The Labute approximate surface area is 118 Å². The van der Waals surface area contributed by atoms with Crippen molar-refractivity contribution in [1.82, 2.24) is 0 Å². The van der Waals surface area contributed by atoms with E-state index in [0.29, 0.717) is 17.4 Å². The Balaban J connectivity index is 5.25. The lowest BCUT2D eigenvalue weighted by Gasteiger charge is -2.22. The first-order chi connectivity index (χ1) is 8.88. The highest BCUT2D eigenvalue weighted by atomic mass is 16.1. The number of carbonyl (C=O) groups is 1. The van der Waals surface area contributed by atoms with E-state index in [1.165, 1.54) is 12.8 Å². The molecule has 0 amide bonds. The number of aliphatic imine (C=N–C) groups is 1. The SMILES string of the molecule is C=C/C(C(C)=O)=C(\C)N=C(C)[C@H](CC)C(C)CCC. The van der Waals surface area contributed by atoms with Crippen molar-refractivity contribution in [3.05, 3.63) is 23.9 Å². The maximum Gasteiger partial charge on any atom is 0.161 e. The minimum Gasteiger partial charge on any atom is -0.294 e. The van der Waals surface area contributed by atoms with Gasteiger partial charge in [0.05, 0.1) is 0 Å². The molecule has 2 heteroatoms. The molecule has 0 heterocycles. The predicted octanol–water partition coefficient (Wildman–Crippen LogP) is 4.96. The third-order valence-corrected chi connectivity index (χ3v) is 3.72. The molecule has 0 N–H and O–H groups in total. The first kappa shape index (κ1) is 17.8. The number of Topliss-reactive ketones (excluding diaryl/α,β-unsaturated/α-hetero) is 1. The summed E-state index contributed by atoms with van der Waals surface area (Å²) >= 11 is 0. The lowest BCUT2D eigenvalue weighted by atomic mass is 9.85. The molecule has 0 aliphatic heterocycles. The van der Waals surface area contributed by atoms with Crippen LogP contribution in [0, 0.1) is 11.8 Å². The summed E-state index contributed by atoms with van der Waals surface area (Å²) < 4.78 is 0. The van der Waals surface area contributed by atoms with Gasteiger partial charge in [0.1, 0.15) is 0 Å².